The summed E-state index contributed by atoms with van der Waals surface area (Å²) in [4.78, 5) is 28.4. The van der Waals surface area contributed by atoms with Crippen LogP contribution < -0.4 is 0 Å². The van der Waals surface area contributed by atoms with Crippen LogP contribution in [-0.2, 0) is 4.74 Å². The van der Waals surface area contributed by atoms with E-state index in [-0.39, 0.29) is 34.3 Å². The Morgan fingerprint density at radius 1 is 1.25 bits per heavy atom. The van der Waals surface area contributed by atoms with Crippen molar-refractivity contribution in [2.45, 2.75) is 25.7 Å². The summed E-state index contributed by atoms with van der Waals surface area (Å²) >= 11 is 11.7. The number of nitrogens with zero attached hydrogens (tertiary/aromatic N) is 4. The van der Waals surface area contributed by atoms with Crippen LogP contribution in [0.3, 0.4) is 0 Å². The van der Waals surface area contributed by atoms with Crippen LogP contribution in [-0.4, -0.2) is 32.5 Å². The van der Waals surface area contributed by atoms with Gasteiger partial charge in [-0.3, -0.25) is 0 Å². The van der Waals surface area contributed by atoms with Gasteiger partial charge in [0.25, 0.3) is 0 Å². The number of hydrogen-bond donors (Lipinski definition) is 0. The molecule has 0 bridgehead atoms. The van der Waals surface area contributed by atoms with Gasteiger partial charge in [-0.2, -0.15) is 4.98 Å². The smallest absolute Gasteiger partial charge is 0.358 e. The van der Waals surface area contributed by atoms with Crippen molar-refractivity contribution in [2.24, 2.45) is 0 Å². The number of carbonyl (C=O) groups excluding carboxylic acids is 1. The van der Waals surface area contributed by atoms with Gasteiger partial charge in [0.15, 0.2) is 16.5 Å². The molecule has 8 heteroatoms. The van der Waals surface area contributed by atoms with Crippen molar-refractivity contribution in [2.75, 3.05) is 6.61 Å². The summed E-state index contributed by atoms with van der Waals surface area (Å²) in [5, 5.41) is 0.0931. The number of hydrogen-bond acceptors (Lipinski definition) is 6. The summed E-state index contributed by atoms with van der Waals surface area (Å²) in [6.45, 7) is 2.01. The summed E-state index contributed by atoms with van der Waals surface area (Å²) < 4.78 is 5.01. The molecule has 6 nitrogen and oxygen atoms in total. The van der Waals surface area contributed by atoms with E-state index >= 15 is 0 Å². The molecule has 0 aromatic carbocycles. The molecule has 0 atom stereocenters. The van der Waals surface area contributed by atoms with Gasteiger partial charge in [0.05, 0.1) is 12.3 Å². The van der Waals surface area contributed by atoms with E-state index in [2.05, 4.69) is 19.9 Å². The molecule has 0 N–H and O–H groups in total. The van der Waals surface area contributed by atoms with Gasteiger partial charge in [0.1, 0.15) is 5.52 Å². The second-order valence-electron chi connectivity index (χ2n) is 4.41. The Morgan fingerprint density at radius 2 is 2.00 bits per heavy atom. The van der Waals surface area contributed by atoms with Crippen LogP contribution in [0, 0.1) is 0 Å². The van der Waals surface area contributed by atoms with E-state index in [1.54, 1.807) is 6.92 Å². The fourth-order valence-electron chi connectivity index (χ4n) is 1.89. The van der Waals surface area contributed by atoms with E-state index in [0.29, 0.717) is 11.2 Å². The van der Waals surface area contributed by atoms with Gasteiger partial charge in [0.2, 0.25) is 5.28 Å². The standard InChI is InChI=1S/C12H10Cl2N4O2/c1-2-20-11(19)7-6(5-3-4-5)15-8-9(13)17-12(14)18-10(8)16-7/h5H,2-4H2,1H3. The number of halogens is 2. The number of esters is 1. The Kier molecular flexibility index (Phi) is 3.43. The third-order valence-electron chi connectivity index (χ3n) is 2.92. The third kappa shape index (κ3) is 2.41. The molecule has 0 saturated heterocycles. The zero-order valence-electron chi connectivity index (χ0n) is 10.6. The molecule has 1 aliphatic carbocycles. The quantitative estimate of drug-likeness (QED) is 0.492. The Hall–Kier alpha value is -1.53. The number of fused-ring (bicyclic) bond motifs is 1. The maximum atomic E-state index is 12.0. The van der Waals surface area contributed by atoms with Crippen LogP contribution in [0.15, 0.2) is 0 Å². The molecule has 104 valence electrons. The first kappa shape index (κ1) is 13.5. The molecule has 20 heavy (non-hydrogen) atoms. The predicted octanol–water partition coefficient (Wildman–Crippen LogP) is 2.78. The molecule has 2 heterocycles. The minimum Gasteiger partial charge on any atom is -0.461 e. The molecule has 0 spiro atoms. The first-order valence-corrected chi connectivity index (χ1v) is 6.93. The van der Waals surface area contributed by atoms with E-state index in [0.717, 1.165) is 12.8 Å². The summed E-state index contributed by atoms with van der Waals surface area (Å²) in [6, 6.07) is 0. The van der Waals surface area contributed by atoms with E-state index in [9.17, 15) is 4.79 Å². The van der Waals surface area contributed by atoms with Gasteiger partial charge in [-0.05, 0) is 31.4 Å². The molecule has 2 aromatic heterocycles. The highest BCUT2D eigenvalue weighted by Gasteiger charge is 2.32. The lowest BCUT2D eigenvalue weighted by Gasteiger charge is -2.08. The second kappa shape index (κ2) is 5.10. The predicted molar refractivity (Wildman–Crippen MR) is 73.1 cm³/mol. The van der Waals surface area contributed by atoms with Gasteiger partial charge in [-0.1, -0.05) is 11.6 Å². The highest BCUT2D eigenvalue weighted by Crippen LogP contribution is 2.41. The third-order valence-corrected chi connectivity index (χ3v) is 3.35. The maximum Gasteiger partial charge on any atom is 0.358 e. The minimum atomic E-state index is -0.505. The number of aromatic nitrogens is 4. The second-order valence-corrected chi connectivity index (χ2v) is 5.10. The molecule has 0 amide bonds. The average Bonchev–Trinajstić information content (AvgIpc) is 3.21. The summed E-state index contributed by atoms with van der Waals surface area (Å²) in [5.41, 5.74) is 1.34. The SMILES string of the molecule is CCOC(=O)c1nc2nc(Cl)nc(Cl)c2nc1C1CC1. The van der Waals surface area contributed by atoms with Crippen LogP contribution >= 0.6 is 23.2 Å². The molecule has 1 fully saturated rings. The van der Waals surface area contributed by atoms with Crippen molar-refractivity contribution in [3.8, 4) is 0 Å². The zero-order valence-corrected chi connectivity index (χ0v) is 12.1. The van der Waals surface area contributed by atoms with Gasteiger partial charge in [-0.15, -0.1) is 0 Å². The first-order chi connectivity index (χ1) is 9.60. The van der Waals surface area contributed by atoms with Crippen LogP contribution in [0.2, 0.25) is 10.4 Å². The Bertz CT molecular complexity index is 703. The highest BCUT2D eigenvalue weighted by molar-refractivity contribution is 6.35. The molecule has 0 unspecified atom stereocenters. The Labute approximate surface area is 124 Å². The van der Waals surface area contributed by atoms with E-state index in [1.807, 2.05) is 0 Å². The van der Waals surface area contributed by atoms with Gasteiger partial charge in [0, 0.05) is 5.92 Å². The van der Waals surface area contributed by atoms with E-state index < -0.39 is 5.97 Å². The summed E-state index contributed by atoms with van der Waals surface area (Å²) in [6.07, 6.45) is 1.94. The van der Waals surface area contributed by atoms with Gasteiger partial charge < -0.3 is 4.74 Å². The van der Waals surface area contributed by atoms with Gasteiger partial charge in [-0.25, -0.2) is 19.7 Å². The number of carbonyl (C=O) groups is 1. The van der Waals surface area contributed by atoms with Crippen molar-refractivity contribution < 1.29 is 9.53 Å². The van der Waals surface area contributed by atoms with Gasteiger partial charge >= 0.3 is 5.97 Å². The Morgan fingerprint density at radius 3 is 2.65 bits per heavy atom. The largest absolute Gasteiger partial charge is 0.461 e. The summed E-state index contributed by atoms with van der Waals surface area (Å²) in [5.74, 6) is -0.285. The molecule has 1 aliphatic rings. The zero-order chi connectivity index (χ0) is 14.3. The molecule has 1 saturated carbocycles. The van der Waals surface area contributed by atoms with Crippen LogP contribution in [0.5, 0.6) is 0 Å². The molecule has 0 aliphatic heterocycles. The normalized spacial score (nSPS) is 14.6. The topological polar surface area (TPSA) is 77.9 Å². The molecule has 3 rings (SSSR count). The lowest BCUT2D eigenvalue weighted by Crippen LogP contribution is -2.13. The van der Waals surface area contributed by atoms with Crippen molar-refractivity contribution in [1.82, 2.24) is 19.9 Å². The van der Waals surface area contributed by atoms with Crippen LogP contribution in [0.1, 0.15) is 41.9 Å². The minimum absolute atomic E-state index is 0.0363. The highest BCUT2D eigenvalue weighted by atomic mass is 35.5. The van der Waals surface area contributed by atoms with Crippen molar-refractivity contribution in [1.29, 1.82) is 0 Å². The monoisotopic (exact) mass is 312 g/mol. The fourth-order valence-corrected chi connectivity index (χ4v) is 2.31. The molecular weight excluding hydrogens is 303 g/mol. The number of ether oxygens (including phenoxy) is 1. The first-order valence-electron chi connectivity index (χ1n) is 6.18. The lowest BCUT2D eigenvalue weighted by atomic mass is 10.2. The molecule has 2 aromatic rings. The van der Waals surface area contributed by atoms with Crippen LogP contribution in [0.25, 0.3) is 11.2 Å². The maximum absolute atomic E-state index is 12.0. The number of rotatable bonds is 3. The van der Waals surface area contributed by atoms with Crippen LogP contribution in [0.4, 0.5) is 0 Å². The van der Waals surface area contributed by atoms with E-state index in [1.165, 1.54) is 0 Å². The van der Waals surface area contributed by atoms with E-state index in [4.69, 9.17) is 27.9 Å². The molecular formula is C12H10Cl2N4O2. The molecule has 0 radical (unpaired) electrons. The van der Waals surface area contributed by atoms with Crippen molar-refractivity contribution in [3.63, 3.8) is 0 Å². The van der Waals surface area contributed by atoms with Crippen molar-refractivity contribution >= 4 is 40.3 Å². The lowest BCUT2D eigenvalue weighted by molar-refractivity contribution is 0.0517. The Balaban J connectivity index is 2.21. The average molecular weight is 313 g/mol. The van der Waals surface area contributed by atoms with Crippen molar-refractivity contribution in [3.05, 3.63) is 21.8 Å². The fraction of sp³-hybridized carbons (Fsp3) is 0.417. The summed E-state index contributed by atoms with van der Waals surface area (Å²) in [7, 11) is 0.